The van der Waals surface area contributed by atoms with E-state index in [9.17, 15) is 0 Å². The molecule has 0 saturated carbocycles. The molecule has 22 heavy (non-hydrogen) atoms. The molecule has 2 N–H and O–H groups in total. The van der Waals surface area contributed by atoms with Gasteiger partial charge in [0, 0.05) is 39.1 Å². The van der Waals surface area contributed by atoms with Crippen molar-refractivity contribution in [2.75, 3.05) is 20.1 Å². The van der Waals surface area contributed by atoms with Crippen LogP contribution in [-0.4, -0.2) is 35.9 Å². The topological polar surface area (TPSA) is 54.2 Å². The van der Waals surface area contributed by atoms with Crippen molar-refractivity contribution < 1.29 is 0 Å². The molecule has 1 heterocycles. The predicted molar refractivity (Wildman–Crippen MR) is 91.1 cm³/mol. The van der Waals surface area contributed by atoms with Crippen LogP contribution in [0.3, 0.4) is 0 Å². The van der Waals surface area contributed by atoms with E-state index >= 15 is 0 Å². The van der Waals surface area contributed by atoms with Crippen molar-refractivity contribution in [3.63, 3.8) is 0 Å². The van der Waals surface area contributed by atoms with Gasteiger partial charge in [0.1, 0.15) is 0 Å². The minimum Gasteiger partial charge on any atom is -0.356 e. The Bertz CT molecular complexity index is 548. The van der Waals surface area contributed by atoms with E-state index in [2.05, 4.69) is 51.9 Å². The van der Waals surface area contributed by atoms with Crippen LogP contribution < -0.4 is 10.6 Å². The highest BCUT2D eigenvalue weighted by molar-refractivity contribution is 5.79. The lowest BCUT2D eigenvalue weighted by Gasteiger charge is -2.16. The number of benzene rings is 1. The minimum atomic E-state index is 0.448. The summed E-state index contributed by atoms with van der Waals surface area (Å²) in [7, 11) is 1.80. The molecular formula is C17H25N5. The first-order valence-electron chi connectivity index (χ1n) is 7.76. The van der Waals surface area contributed by atoms with E-state index in [1.165, 1.54) is 5.56 Å². The van der Waals surface area contributed by atoms with Crippen molar-refractivity contribution in [1.82, 2.24) is 20.4 Å². The number of hydrogen-bond acceptors (Lipinski definition) is 2. The van der Waals surface area contributed by atoms with Crippen molar-refractivity contribution in [3.05, 3.63) is 54.4 Å². The Kier molecular flexibility index (Phi) is 6.48. The molecule has 5 heteroatoms. The van der Waals surface area contributed by atoms with Crippen molar-refractivity contribution in [2.24, 2.45) is 4.99 Å². The molecule has 0 amide bonds. The highest BCUT2D eigenvalue weighted by Gasteiger charge is 2.05. The second-order valence-electron chi connectivity index (χ2n) is 5.31. The highest BCUT2D eigenvalue weighted by atomic mass is 15.3. The number of nitrogens with zero attached hydrogens (tertiary/aromatic N) is 3. The van der Waals surface area contributed by atoms with Gasteiger partial charge < -0.3 is 10.6 Å². The zero-order valence-corrected chi connectivity index (χ0v) is 13.4. The minimum absolute atomic E-state index is 0.448. The number of hydrogen-bond donors (Lipinski definition) is 2. The molecule has 2 rings (SSSR count). The van der Waals surface area contributed by atoms with Gasteiger partial charge in [-0.15, -0.1) is 0 Å². The number of nitrogens with one attached hydrogen (secondary N) is 2. The van der Waals surface area contributed by atoms with Gasteiger partial charge in [0.25, 0.3) is 0 Å². The summed E-state index contributed by atoms with van der Waals surface area (Å²) in [4.78, 5) is 4.26. The summed E-state index contributed by atoms with van der Waals surface area (Å²) in [6, 6.07) is 12.5. The third-order valence-electron chi connectivity index (χ3n) is 3.58. The maximum absolute atomic E-state index is 4.26. The van der Waals surface area contributed by atoms with Crippen LogP contribution in [0.5, 0.6) is 0 Å². The van der Waals surface area contributed by atoms with Gasteiger partial charge in [0.15, 0.2) is 5.96 Å². The number of guanidine groups is 1. The summed E-state index contributed by atoms with van der Waals surface area (Å²) in [5, 5.41) is 10.9. The first-order chi connectivity index (χ1) is 10.8. The Labute approximate surface area is 132 Å². The van der Waals surface area contributed by atoms with Gasteiger partial charge in [-0.25, -0.2) is 0 Å². The van der Waals surface area contributed by atoms with Gasteiger partial charge in [-0.3, -0.25) is 9.67 Å². The van der Waals surface area contributed by atoms with Crippen LogP contribution in [0, 0.1) is 0 Å². The Morgan fingerprint density at radius 2 is 2.05 bits per heavy atom. The van der Waals surface area contributed by atoms with Gasteiger partial charge in [-0.1, -0.05) is 37.3 Å². The van der Waals surface area contributed by atoms with Crippen LogP contribution in [0.15, 0.2) is 53.8 Å². The number of rotatable bonds is 7. The third kappa shape index (κ3) is 5.24. The average molecular weight is 299 g/mol. The van der Waals surface area contributed by atoms with Crippen molar-refractivity contribution in [1.29, 1.82) is 0 Å². The van der Waals surface area contributed by atoms with Crippen LogP contribution in [0.25, 0.3) is 0 Å². The maximum atomic E-state index is 4.26. The first kappa shape index (κ1) is 16.1. The Balaban J connectivity index is 1.66. The molecular weight excluding hydrogens is 274 g/mol. The van der Waals surface area contributed by atoms with Crippen LogP contribution in [0.2, 0.25) is 0 Å². The molecule has 0 saturated heterocycles. The van der Waals surface area contributed by atoms with Crippen molar-refractivity contribution in [3.8, 4) is 0 Å². The number of aliphatic imine (C=N–C) groups is 1. The van der Waals surface area contributed by atoms with Crippen LogP contribution >= 0.6 is 0 Å². The van der Waals surface area contributed by atoms with E-state index in [4.69, 9.17) is 0 Å². The number of aromatic nitrogens is 2. The fourth-order valence-corrected chi connectivity index (χ4v) is 2.25. The average Bonchev–Trinajstić information content (AvgIpc) is 3.08. The molecule has 5 nitrogen and oxygen atoms in total. The SMILES string of the molecule is CN=C(NCCCn1cccn1)NCC(C)c1ccccc1. The molecule has 0 radical (unpaired) electrons. The van der Waals surface area contributed by atoms with Crippen LogP contribution in [-0.2, 0) is 6.54 Å². The maximum Gasteiger partial charge on any atom is 0.190 e. The van der Waals surface area contributed by atoms with E-state index in [1.54, 1.807) is 13.2 Å². The molecule has 0 aliphatic rings. The fraction of sp³-hybridized carbons (Fsp3) is 0.412. The summed E-state index contributed by atoms with van der Waals surface area (Å²) >= 11 is 0. The van der Waals surface area contributed by atoms with E-state index in [1.807, 2.05) is 23.0 Å². The highest BCUT2D eigenvalue weighted by Crippen LogP contribution is 2.12. The van der Waals surface area contributed by atoms with Gasteiger partial charge in [0.05, 0.1) is 0 Å². The first-order valence-corrected chi connectivity index (χ1v) is 7.76. The summed E-state index contributed by atoms with van der Waals surface area (Å²) in [5.74, 6) is 1.30. The normalized spacial score (nSPS) is 12.9. The van der Waals surface area contributed by atoms with Gasteiger partial charge >= 0.3 is 0 Å². The van der Waals surface area contributed by atoms with Gasteiger partial charge in [-0.05, 0) is 24.0 Å². The molecule has 0 aliphatic carbocycles. The number of aryl methyl sites for hydroxylation is 1. The van der Waals surface area contributed by atoms with E-state index in [0.717, 1.165) is 32.0 Å². The lowest BCUT2D eigenvalue weighted by Crippen LogP contribution is -2.39. The second kappa shape index (κ2) is 8.87. The van der Waals surface area contributed by atoms with Gasteiger partial charge in [-0.2, -0.15) is 5.10 Å². The van der Waals surface area contributed by atoms with Crippen LogP contribution in [0.4, 0.5) is 0 Å². The molecule has 1 aromatic heterocycles. The molecule has 0 aliphatic heterocycles. The summed E-state index contributed by atoms with van der Waals surface area (Å²) in [6.45, 7) is 4.87. The van der Waals surface area contributed by atoms with Gasteiger partial charge in [0.2, 0.25) is 0 Å². The van der Waals surface area contributed by atoms with E-state index < -0.39 is 0 Å². The summed E-state index contributed by atoms with van der Waals surface area (Å²) in [6.07, 6.45) is 4.80. The Hall–Kier alpha value is -2.30. The largest absolute Gasteiger partial charge is 0.356 e. The molecule has 0 fully saturated rings. The summed E-state index contributed by atoms with van der Waals surface area (Å²) in [5.41, 5.74) is 1.34. The lowest BCUT2D eigenvalue weighted by atomic mass is 10.0. The molecule has 1 unspecified atom stereocenters. The standard InChI is InChI=1S/C17H25N5/c1-15(16-8-4-3-5-9-16)14-20-17(18-2)19-10-6-12-22-13-7-11-21-22/h3-5,7-9,11,13,15H,6,10,12,14H2,1-2H3,(H2,18,19,20). The Morgan fingerprint density at radius 1 is 1.23 bits per heavy atom. The monoisotopic (exact) mass is 299 g/mol. The molecule has 1 aromatic carbocycles. The zero-order valence-electron chi connectivity index (χ0n) is 13.4. The van der Waals surface area contributed by atoms with Crippen molar-refractivity contribution in [2.45, 2.75) is 25.8 Å². The Morgan fingerprint density at radius 3 is 2.73 bits per heavy atom. The molecule has 118 valence electrons. The summed E-state index contributed by atoms with van der Waals surface area (Å²) < 4.78 is 1.94. The smallest absolute Gasteiger partial charge is 0.190 e. The lowest BCUT2D eigenvalue weighted by molar-refractivity contribution is 0.569. The third-order valence-corrected chi connectivity index (χ3v) is 3.58. The quantitative estimate of drug-likeness (QED) is 0.468. The predicted octanol–water partition coefficient (Wildman–Crippen LogP) is 2.24. The zero-order chi connectivity index (χ0) is 15.6. The molecule has 1 atom stereocenters. The molecule has 0 bridgehead atoms. The van der Waals surface area contributed by atoms with Crippen molar-refractivity contribution >= 4 is 5.96 Å². The fourth-order valence-electron chi connectivity index (χ4n) is 2.25. The molecule has 0 spiro atoms. The van der Waals surface area contributed by atoms with E-state index in [-0.39, 0.29) is 0 Å². The van der Waals surface area contributed by atoms with Crippen LogP contribution in [0.1, 0.15) is 24.8 Å². The second-order valence-corrected chi connectivity index (χ2v) is 5.31. The molecule has 2 aromatic rings. The van der Waals surface area contributed by atoms with E-state index in [0.29, 0.717) is 5.92 Å².